The molecular formula is C21H22F3N3O2. The number of carbonyl (C=O) groups excluding carboxylic acids is 1. The Balaban J connectivity index is 1.44. The fraction of sp³-hybridized carbons (Fsp3) is 0.381. The lowest BCUT2D eigenvalue weighted by Gasteiger charge is -2.35. The van der Waals surface area contributed by atoms with Gasteiger partial charge in [0.25, 0.3) is 5.91 Å². The van der Waals surface area contributed by atoms with Crippen LogP contribution >= 0.6 is 0 Å². The molecule has 0 bridgehead atoms. The smallest absolute Gasteiger partial charge is 0.391 e. The predicted octanol–water partition coefficient (Wildman–Crippen LogP) is 4.85. The van der Waals surface area contributed by atoms with E-state index >= 15 is 0 Å². The second kappa shape index (κ2) is 7.50. The van der Waals surface area contributed by atoms with Crippen molar-refractivity contribution in [2.45, 2.75) is 25.9 Å². The van der Waals surface area contributed by atoms with E-state index in [0.717, 1.165) is 22.6 Å². The van der Waals surface area contributed by atoms with Gasteiger partial charge < -0.3 is 20.3 Å². The number of nitrogens with one attached hydrogen (secondary N) is 2. The Hall–Kier alpha value is -2.90. The molecule has 0 radical (unpaired) electrons. The fourth-order valence-corrected chi connectivity index (χ4v) is 3.85. The SMILES string of the molecule is Cc1cc(Nc2ccc3c(c2)OCC(=O)N3)ccc1N1CCC(C(F)(F)F)CC1. The van der Waals surface area contributed by atoms with Crippen LogP contribution in [0.15, 0.2) is 36.4 Å². The van der Waals surface area contributed by atoms with Gasteiger partial charge in [-0.05, 0) is 55.7 Å². The van der Waals surface area contributed by atoms with Gasteiger partial charge in [0.15, 0.2) is 6.61 Å². The summed E-state index contributed by atoms with van der Waals surface area (Å²) in [4.78, 5) is 13.4. The predicted molar refractivity (Wildman–Crippen MR) is 106 cm³/mol. The van der Waals surface area contributed by atoms with E-state index in [1.807, 2.05) is 42.2 Å². The van der Waals surface area contributed by atoms with Gasteiger partial charge in [0.1, 0.15) is 5.75 Å². The van der Waals surface area contributed by atoms with Crippen molar-refractivity contribution in [3.05, 3.63) is 42.0 Å². The van der Waals surface area contributed by atoms with E-state index in [9.17, 15) is 18.0 Å². The van der Waals surface area contributed by atoms with Gasteiger partial charge in [-0.1, -0.05) is 0 Å². The van der Waals surface area contributed by atoms with Crippen molar-refractivity contribution in [3.8, 4) is 5.75 Å². The third kappa shape index (κ3) is 4.26. The lowest BCUT2D eigenvalue weighted by Crippen LogP contribution is -2.39. The summed E-state index contributed by atoms with van der Waals surface area (Å²) < 4.78 is 44.1. The summed E-state index contributed by atoms with van der Waals surface area (Å²) in [5, 5.41) is 6.05. The maximum Gasteiger partial charge on any atom is 0.391 e. The first-order valence-electron chi connectivity index (χ1n) is 9.55. The largest absolute Gasteiger partial charge is 0.482 e. The van der Waals surface area contributed by atoms with Crippen LogP contribution in [0.2, 0.25) is 0 Å². The summed E-state index contributed by atoms with van der Waals surface area (Å²) in [5.74, 6) is -0.768. The molecule has 0 saturated carbocycles. The lowest BCUT2D eigenvalue weighted by molar-refractivity contribution is -0.179. The summed E-state index contributed by atoms with van der Waals surface area (Å²) in [6, 6.07) is 11.3. The Morgan fingerprint density at radius 3 is 2.48 bits per heavy atom. The van der Waals surface area contributed by atoms with Gasteiger partial charge in [-0.15, -0.1) is 0 Å². The van der Waals surface area contributed by atoms with Crippen molar-refractivity contribution in [3.63, 3.8) is 0 Å². The summed E-state index contributed by atoms with van der Waals surface area (Å²) in [5.41, 5.74) is 4.30. The molecule has 0 unspecified atom stereocenters. The van der Waals surface area contributed by atoms with Gasteiger partial charge in [-0.25, -0.2) is 0 Å². The van der Waals surface area contributed by atoms with E-state index in [4.69, 9.17) is 4.74 Å². The van der Waals surface area contributed by atoms with E-state index in [1.54, 1.807) is 6.07 Å². The molecule has 2 heterocycles. The maximum atomic E-state index is 12.9. The van der Waals surface area contributed by atoms with Crippen LogP contribution in [-0.2, 0) is 4.79 Å². The highest BCUT2D eigenvalue weighted by atomic mass is 19.4. The molecule has 1 fully saturated rings. The number of fused-ring (bicyclic) bond motifs is 1. The minimum atomic E-state index is -4.10. The third-order valence-electron chi connectivity index (χ3n) is 5.40. The number of aryl methyl sites for hydroxylation is 1. The first-order valence-corrected chi connectivity index (χ1v) is 9.55. The first kappa shape index (κ1) is 19.4. The van der Waals surface area contributed by atoms with Crippen molar-refractivity contribution in [1.82, 2.24) is 0 Å². The number of nitrogens with zero attached hydrogens (tertiary/aromatic N) is 1. The molecule has 5 nitrogen and oxygen atoms in total. The van der Waals surface area contributed by atoms with E-state index in [1.165, 1.54) is 0 Å². The number of halogens is 3. The molecular weight excluding hydrogens is 383 g/mol. The summed E-state index contributed by atoms with van der Waals surface area (Å²) in [6.45, 7) is 2.77. The highest BCUT2D eigenvalue weighted by molar-refractivity contribution is 5.95. The topological polar surface area (TPSA) is 53.6 Å². The summed E-state index contributed by atoms with van der Waals surface area (Å²) in [6.07, 6.45) is -3.83. The van der Waals surface area contributed by atoms with Crippen LogP contribution in [-0.4, -0.2) is 31.8 Å². The third-order valence-corrected chi connectivity index (χ3v) is 5.40. The number of hydrogen-bond acceptors (Lipinski definition) is 4. The standard InChI is InChI=1S/C21H22F3N3O2/c1-13-10-15(25-16-2-4-17-19(11-16)29-12-20(28)26-17)3-5-18(13)27-8-6-14(7-9-27)21(22,23)24/h2-5,10-11,14,25H,6-9,12H2,1H3,(H,26,28). The molecule has 0 atom stereocenters. The maximum absolute atomic E-state index is 12.9. The van der Waals surface area contributed by atoms with Crippen LogP contribution in [0.25, 0.3) is 0 Å². The van der Waals surface area contributed by atoms with Gasteiger partial charge >= 0.3 is 6.18 Å². The van der Waals surface area contributed by atoms with Gasteiger partial charge in [0.2, 0.25) is 0 Å². The van der Waals surface area contributed by atoms with Crippen molar-refractivity contribution >= 4 is 28.7 Å². The van der Waals surface area contributed by atoms with E-state index in [-0.39, 0.29) is 25.4 Å². The van der Waals surface area contributed by atoms with E-state index < -0.39 is 12.1 Å². The second-order valence-electron chi connectivity index (χ2n) is 7.48. The molecule has 0 aliphatic carbocycles. The number of alkyl halides is 3. The number of ether oxygens (including phenoxy) is 1. The molecule has 2 aromatic carbocycles. The minimum absolute atomic E-state index is 0.00467. The van der Waals surface area contributed by atoms with Crippen molar-refractivity contribution < 1.29 is 22.7 Å². The molecule has 0 spiro atoms. The number of hydrogen-bond donors (Lipinski definition) is 2. The average molecular weight is 405 g/mol. The van der Waals surface area contributed by atoms with Crippen molar-refractivity contribution in [2.24, 2.45) is 5.92 Å². The van der Waals surface area contributed by atoms with Gasteiger partial charge in [0, 0.05) is 36.2 Å². The number of rotatable bonds is 3. The van der Waals surface area contributed by atoms with Crippen LogP contribution in [0.1, 0.15) is 18.4 Å². The molecule has 2 aliphatic heterocycles. The molecule has 0 aromatic heterocycles. The minimum Gasteiger partial charge on any atom is -0.482 e. The van der Waals surface area contributed by atoms with Crippen LogP contribution in [0.5, 0.6) is 5.75 Å². The Morgan fingerprint density at radius 2 is 1.79 bits per heavy atom. The molecule has 4 rings (SSSR count). The van der Waals surface area contributed by atoms with Gasteiger partial charge in [-0.2, -0.15) is 13.2 Å². The Morgan fingerprint density at radius 1 is 1.10 bits per heavy atom. The number of carbonyl (C=O) groups is 1. The second-order valence-corrected chi connectivity index (χ2v) is 7.48. The fourth-order valence-electron chi connectivity index (χ4n) is 3.85. The molecule has 2 N–H and O–H groups in total. The molecule has 154 valence electrons. The van der Waals surface area contributed by atoms with Gasteiger partial charge in [0.05, 0.1) is 11.6 Å². The highest BCUT2D eigenvalue weighted by Crippen LogP contribution is 2.37. The number of anilines is 4. The van der Waals surface area contributed by atoms with E-state index in [2.05, 4.69) is 10.6 Å². The highest BCUT2D eigenvalue weighted by Gasteiger charge is 2.41. The number of amides is 1. The number of piperidine rings is 1. The molecule has 2 aliphatic rings. The van der Waals surface area contributed by atoms with Crippen LogP contribution < -0.4 is 20.3 Å². The monoisotopic (exact) mass is 405 g/mol. The molecule has 1 saturated heterocycles. The molecule has 2 aromatic rings. The van der Waals surface area contributed by atoms with Gasteiger partial charge in [-0.3, -0.25) is 4.79 Å². The average Bonchev–Trinajstić information content (AvgIpc) is 2.68. The zero-order valence-corrected chi connectivity index (χ0v) is 16.0. The first-order chi connectivity index (χ1) is 13.8. The molecule has 29 heavy (non-hydrogen) atoms. The Bertz CT molecular complexity index is 922. The van der Waals surface area contributed by atoms with Crippen molar-refractivity contribution in [1.29, 1.82) is 0 Å². The Kier molecular flexibility index (Phi) is 5.02. The van der Waals surface area contributed by atoms with Crippen LogP contribution in [0.4, 0.5) is 35.9 Å². The quantitative estimate of drug-likeness (QED) is 0.767. The zero-order chi connectivity index (χ0) is 20.6. The van der Waals surface area contributed by atoms with E-state index in [0.29, 0.717) is 24.5 Å². The van der Waals surface area contributed by atoms with Crippen LogP contribution in [0.3, 0.4) is 0 Å². The van der Waals surface area contributed by atoms with Crippen LogP contribution in [0, 0.1) is 12.8 Å². The lowest BCUT2D eigenvalue weighted by atomic mass is 9.95. The Labute approximate surface area is 166 Å². The summed E-state index contributed by atoms with van der Waals surface area (Å²) >= 11 is 0. The molecule has 8 heteroatoms. The normalized spacial score (nSPS) is 17.4. The molecule has 1 amide bonds. The van der Waals surface area contributed by atoms with Crippen molar-refractivity contribution in [2.75, 3.05) is 35.2 Å². The summed E-state index contributed by atoms with van der Waals surface area (Å²) in [7, 11) is 0. The number of benzene rings is 2. The zero-order valence-electron chi connectivity index (χ0n) is 16.0.